The van der Waals surface area contributed by atoms with Crippen molar-refractivity contribution in [2.45, 2.75) is 31.8 Å². The molecule has 4 nitrogen and oxygen atoms in total. The third-order valence-electron chi connectivity index (χ3n) is 3.47. The lowest BCUT2D eigenvalue weighted by Gasteiger charge is -2.33. The van der Waals surface area contributed by atoms with Gasteiger partial charge >= 0.3 is 0 Å². The van der Waals surface area contributed by atoms with Crippen molar-refractivity contribution < 1.29 is 9.90 Å². The van der Waals surface area contributed by atoms with E-state index < -0.39 is 0 Å². The number of aliphatic hydroxyl groups excluding tert-OH is 1. The number of thiophene rings is 1. The minimum atomic E-state index is -0.113. The Balaban J connectivity index is 2.03. The fourth-order valence-electron chi connectivity index (χ4n) is 2.50. The molecule has 2 rings (SSSR count). The number of aliphatic hydroxyl groups is 1. The Bertz CT molecular complexity index is 515. The Morgan fingerprint density at radius 2 is 2.40 bits per heavy atom. The number of hydrogen-bond donors (Lipinski definition) is 2. The van der Waals surface area contributed by atoms with Crippen LogP contribution in [-0.4, -0.2) is 42.2 Å². The fraction of sp³-hybridized carbons (Fsp3) is 0.533. The van der Waals surface area contributed by atoms with Crippen LogP contribution in [0.3, 0.4) is 0 Å². The number of likely N-dealkylation sites (tertiary alicyclic amines) is 1. The third-order valence-corrected chi connectivity index (χ3v) is 4.46. The van der Waals surface area contributed by atoms with Crippen LogP contribution in [-0.2, 0) is 11.3 Å². The zero-order valence-corrected chi connectivity index (χ0v) is 12.5. The zero-order chi connectivity index (χ0) is 14.4. The van der Waals surface area contributed by atoms with E-state index in [1.165, 1.54) is 4.88 Å². The lowest BCUT2D eigenvalue weighted by atomic mass is 10.0. The van der Waals surface area contributed by atoms with Crippen LogP contribution >= 0.6 is 11.3 Å². The van der Waals surface area contributed by atoms with Gasteiger partial charge in [-0.05, 0) is 31.5 Å². The Hall–Kier alpha value is -1.35. The zero-order valence-electron chi connectivity index (χ0n) is 11.7. The molecule has 2 heterocycles. The summed E-state index contributed by atoms with van der Waals surface area (Å²) in [5.41, 5.74) is 0. The molecule has 0 bridgehead atoms. The second-order valence-electron chi connectivity index (χ2n) is 4.82. The van der Waals surface area contributed by atoms with Crippen LogP contribution in [0.4, 0.5) is 0 Å². The first kappa shape index (κ1) is 15.0. The molecule has 20 heavy (non-hydrogen) atoms. The van der Waals surface area contributed by atoms with Crippen LogP contribution in [0.2, 0.25) is 0 Å². The molecule has 2 N–H and O–H groups in total. The smallest absolute Gasteiger partial charge is 0.237 e. The van der Waals surface area contributed by atoms with Crippen LogP contribution in [0, 0.1) is 11.8 Å². The molecule has 1 aromatic rings. The van der Waals surface area contributed by atoms with E-state index in [-0.39, 0.29) is 18.6 Å². The molecule has 5 heteroatoms. The molecule has 1 fully saturated rings. The van der Waals surface area contributed by atoms with Gasteiger partial charge in [-0.15, -0.1) is 11.3 Å². The van der Waals surface area contributed by atoms with E-state index in [4.69, 9.17) is 5.11 Å². The summed E-state index contributed by atoms with van der Waals surface area (Å²) >= 11 is 1.63. The van der Waals surface area contributed by atoms with Crippen molar-refractivity contribution in [3.05, 3.63) is 21.9 Å². The molecule has 0 aromatic carbocycles. The summed E-state index contributed by atoms with van der Waals surface area (Å²) in [4.78, 5) is 16.3. The van der Waals surface area contributed by atoms with Gasteiger partial charge in [0, 0.05) is 18.5 Å². The number of amides is 1. The number of carbonyl (C=O) groups is 1. The molecule has 1 atom stereocenters. The van der Waals surface area contributed by atoms with Crippen LogP contribution in [0.1, 0.15) is 29.0 Å². The first-order valence-corrected chi connectivity index (χ1v) is 7.70. The average Bonchev–Trinajstić information content (AvgIpc) is 2.92. The van der Waals surface area contributed by atoms with Crippen molar-refractivity contribution in [3.8, 4) is 11.8 Å². The van der Waals surface area contributed by atoms with Gasteiger partial charge in [0.25, 0.3) is 0 Å². The molecule has 1 saturated heterocycles. The molecule has 1 aliphatic rings. The van der Waals surface area contributed by atoms with Crippen molar-refractivity contribution in [2.24, 2.45) is 0 Å². The quantitative estimate of drug-likeness (QED) is 0.823. The second-order valence-corrected chi connectivity index (χ2v) is 5.99. The summed E-state index contributed by atoms with van der Waals surface area (Å²) in [6.07, 6.45) is 3.20. The summed E-state index contributed by atoms with van der Waals surface area (Å²) < 4.78 is 0. The van der Waals surface area contributed by atoms with E-state index >= 15 is 0 Å². The summed E-state index contributed by atoms with van der Waals surface area (Å²) in [5, 5.41) is 11.5. The monoisotopic (exact) mass is 292 g/mol. The van der Waals surface area contributed by atoms with Crippen LogP contribution in [0.5, 0.6) is 0 Å². The van der Waals surface area contributed by atoms with Crippen molar-refractivity contribution in [2.75, 3.05) is 20.2 Å². The molecule has 1 aliphatic heterocycles. The highest BCUT2D eigenvalue weighted by molar-refractivity contribution is 7.12. The molecular formula is C15H20N2O2S. The molecule has 1 amide bonds. The minimum absolute atomic E-state index is 0.0113. The normalized spacial score (nSPS) is 19.2. The molecule has 0 radical (unpaired) electrons. The van der Waals surface area contributed by atoms with E-state index in [1.807, 2.05) is 6.07 Å². The van der Waals surface area contributed by atoms with Gasteiger partial charge in [-0.3, -0.25) is 9.69 Å². The molecule has 1 unspecified atom stereocenters. The van der Waals surface area contributed by atoms with Gasteiger partial charge in [0.1, 0.15) is 6.61 Å². The van der Waals surface area contributed by atoms with E-state index in [2.05, 4.69) is 28.1 Å². The van der Waals surface area contributed by atoms with Gasteiger partial charge in [-0.2, -0.15) is 0 Å². The maximum absolute atomic E-state index is 11.9. The number of likely N-dealkylation sites (N-methyl/N-ethyl adjacent to an activating group) is 1. The Kier molecular flexibility index (Phi) is 5.60. The summed E-state index contributed by atoms with van der Waals surface area (Å²) in [7, 11) is 1.70. The maximum Gasteiger partial charge on any atom is 0.237 e. The molecule has 0 spiro atoms. The standard InChI is InChI=1S/C15H20N2O2S/c1-16-15(19)14-6-2-3-9-17(14)11-13-8-7-12(20-13)5-4-10-18/h7-8,14,18H,2-3,6,9-11H2,1H3,(H,16,19). The van der Waals surface area contributed by atoms with E-state index in [0.717, 1.165) is 37.2 Å². The van der Waals surface area contributed by atoms with Crippen LogP contribution in [0.15, 0.2) is 12.1 Å². The molecular weight excluding hydrogens is 272 g/mol. The number of hydrogen-bond acceptors (Lipinski definition) is 4. The highest BCUT2D eigenvalue weighted by Gasteiger charge is 2.28. The highest BCUT2D eigenvalue weighted by Crippen LogP contribution is 2.23. The lowest BCUT2D eigenvalue weighted by Crippen LogP contribution is -2.48. The first-order valence-electron chi connectivity index (χ1n) is 6.88. The Labute approximate surface area is 123 Å². The average molecular weight is 292 g/mol. The van der Waals surface area contributed by atoms with Crippen molar-refractivity contribution in [1.29, 1.82) is 0 Å². The van der Waals surface area contributed by atoms with Crippen LogP contribution in [0.25, 0.3) is 0 Å². The van der Waals surface area contributed by atoms with Crippen molar-refractivity contribution in [1.82, 2.24) is 10.2 Å². The van der Waals surface area contributed by atoms with Gasteiger partial charge in [0.05, 0.1) is 10.9 Å². The summed E-state index contributed by atoms with van der Waals surface area (Å²) in [6, 6.07) is 4.02. The number of piperidine rings is 1. The molecule has 1 aromatic heterocycles. The fourth-order valence-corrected chi connectivity index (χ4v) is 3.41. The number of nitrogens with zero attached hydrogens (tertiary/aromatic N) is 1. The SMILES string of the molecule is CNC(=O)C1CCCCN1Cc1ccc(C#CCO)s1. The van der Waals surface area contributed by atoms with Gasteiger partial charge in [0.2, 0.25) is 5.91 Å². The number of carbonyl (C=O) groups excluding carboxylic acids is 1. The van der Waals surface area contributed by atoms with Crippen molar-refractivity contribution in [3.63, 3.8) is 0 Å². The van der Waals surface area contributed by atoms with E-state index in [9.17, 15) is 4.79 Å². The predicted octanol–water partition coefficient (Wildman–Crippen LogP) is 1.19. The van der Waals surface area contributed by atoms with Gasteiger partial charge < -0.3 is 10.4 Å². The summed E-state index contributed by atoms with van der Waals surface area (Å²) in [6.45, 7) is 1.65. The largest absolute Gasteiger partial charge is 0.384 e. The number of rotatable bonds is 3. The maximum atomic E-state index is 11.9. The topological polar surface area (TPSA) is 52.6 Å². The molecule has 108 valence electrons. The molecule has 0 saturated carbocycles. The Morgan fingerprint density at radius 1 is 1.55 bits per heavy atom. The highest BCUT2D eigenvalue weighted by atomic mass is 32.1. The van der Waals surface area contributed by atoms with Crippen molar-refractivity contribution >= 4 is 17.2 Å². The van der Waals surface area contributed by atoms with Gasteiger partial charge in [-0.1, -0.05) is 18.3 Å². The van der Waals surface area contributed by atoms with E-state index in [1.54, 1.807) is 18.4 Å². The van der Waals surface area contributed by atoms with E-state index in [0.29, 0.717) is 0 Å². The Morgan fingerprint density at radius 3 is 3.15 bits per heavy atom. The minimum Gasteiger partial charge on any atom is -0.384 e. The first-order chi connectivity index (χ1) is 9.74. The summed E-state index contributed by atoms with van der Waals surface area (Å²) in [5.74, 6) is 5.69. The van der Waals surface area contributed by atoms with Crippen LogP contribution < -0.4 is 5.32 Å². The third kappa shape index (κ3) is 3.83. The lowest BCUT2D eigenvalue weighted by molar-refractivity contribution is -0.127. The van der Waals surface area contributed by atoms with Gasteiger partial charge in [0.15, 0.2) is 0 Å². The molecule has 0 aliphatic carbocycles. The van der Waals surface area contributed by atoms with Gasteiger partial charge in [-0.25, -0.2) is 0 Å². The second kappa shape index (κ2) is 7.44. The predicted molar refractivity (Wildman–Crippen MR) is 80.4 cm³/mol. The number of nitrogens with one attached hydrogen (secondary N) is 1.